The van der Waals surface area contributed by atoms with E-state index >= 15 is 0 Å². The van der Waals surface area contributed by atoms with Crippen LogP contribution in [0.4, 0.5) is 0 Å². The third-order valence-corrected chi connectivity index (χ3v) is 4.35. The highest BCUT2D eigenvalue weighted by Gasteiger charge is 2.14. The zero-order valence-electron chi connectivity index (χ0n) is 10.7. The van der Waals surface area contributed by atoms with E-state index in [2.05, 4.69) is 50.3 Å². The molecule has 0 aromatic heterocycles. The van der Waals surface area contributed by atoms with Crippen LogP contribution in [0.3, 0.4) is 0 Å². The zero-order chi connectivity index (χ0) is 12.1. The molecule has 0 amide bonds. The number of unbranched alkanes of at least 4 members (excludes halogenated alkanes) is 1. The molecule has 0 N–H and O–H groups in total. The van der Waals surface area contributed by atoms with Crippen molar-refractivity contribution in [3.63, 3.8) is 0 Å². The predicted molar refractivity (Wildman–Crippen MR) is 78.4 cm³/mol. The summed E-state index contributed by atoms with van der Waals surface area (Å²) < 4.78 is 0. The summed E-state index contributed by atoms with van der Waals surface area (Å²) in [6.45, 7) is 4.43. The summed E-state index contributed by atoms with van der Waals surface area (Å²) in [5, 5.41) is 0. The minimum absolute atomic E-state index is 1.15. The van der Waals surface area contributed by atoms with Crippen LogP contribution in [0, 0.1) is 0 Å². The average molecular weight is 244 g/mol. The lowest BCUT2D eigenvalue weighted by Crippen LogP contribution is -1.81. The largest absolute Gasteiger partial charge is 0.121 e. The van der Waals surface area contributed by atoms with Crippen molar-refractivity contribution < 1.29 is 0 Å². The number of hydrogen-bond donors (Lipinski definition) is 0. The number of fused-ring (bicyclic) bond motifs is 1. The second-order valence-corrected chi connectivity index (χ2v) is 5.51. The van der Waals surface area contributed by atoms with Crippen molar-refractivity contribution in [2.24, 2.45) is 0 Å². The summed E-state index contributed by atoms with van der Waals surface area (Å²) >= 11 is 1.96. The fourth-order valence-corrected chi connectivity index (χ4v) is 3.11. The van der Waals surface area contributed by atoms with E-state index in [1.165, 1.54) is 40.9 Å². The van der Waals surface area contributed by atoms with Gasteiger partial charge < -0.3 is 0 Å². The van der Waals surface area contributed by atoms with Crippen molar-refractivity contribution in [3.8, 4) is 0 Å². The van der Waals surface area contributed by atoms with Gasteiger partial charge in [-0.1, -0.05) is 42.8 Å². The highest BCUT2D eigenvalue weighted by Crippen LogP contribution is 2.38. The Hall–Kier alpha value is -0.950. The van der Waals surface area contributed by atoms with Gasteiger partial charge in [0.2, 0.25) is 0 Å². The van der Waals surface area contributed by atoms with Crippen LogP contribution in [-0.4, -0.2) is 5.75 Å². The maximum Gasteiger partial charge on any atom is 0.0235 e. The Labute approximate surface area is 109 Å². The smallest absolute Gasteiger partial charge is 0.0235 e. The van der Waals surface area contributed by atoms with E-state index in [9.17, 15) is 0 Å². The van der Waals surface area contributed by atoms with Crippen LogP contribution in [0.1, 0.15) is 38.7 Å². The third-order valence-electron chi connectivity index (χ3n) is 3.22. The van der Waals surface area contributed by atoms with E-state index < -0.39 is 0 Å². The molecule has 0 spiro atoms. The van der Waals surface area contributed by atoms with Crippen molar-refractivity contribution in [2.45, 2.75) is 38.0 Å². The summed E-state index contributed by atoms with van der Waals surface area (Å²) in [7, 11) is 0. The summed E-state index contributed by atoms with van der Waals surface area (Å²) in [6.07, 6.45) is 8.30. The van der Waals surface area contributed by atoms with Crippen molar-refractivity contribution in [1.82, 2.24) is 0 Å². The molecule has 1 aromatic rings. The van der Waals surface area contributed by atoms with Crippen LogP contribution in [0.25, 0.3) is 5.57 Å². The van der Waals surface area contributed by atoms with Gasteiger partial charge in [0.1, 0.15) is 0 Å². The van der Waals surface area contributed by atoms with Crippen LogP contribution in [0.2, 0.25) is 0 Å². The predicted octanol–water partition coefficient (Wildman–Crippen LogP) is 5.31. The van der Waals surface area contributed by atoms with Gasteiger partial charge in [0.05, 0.1) is 0 Å². The first kappa shape index (κ1) is 12.5. The highest BCUT2D eigenvalue weighted by molar-refractivity contribution is 8.00. The minimum atomic E-state index is 1.15. The quantitative estimate of drug-likeness (QED) is 0.511. The van der Waals surface area contributed by atoms with Gasteiger partial charge in [-0.25, -0.2) is 0 Å². The van der Waals surface area contributed by atoms with E-state index in [0.717, 1.165) is 5.75 Å². The van der Waals surface area contributed by atoms with Gasteiger partial charge in [-0.05, 0) is 43.4 Å². The molecule has 0 radical (unpaired) electrons. The molecule has 0 aliphatic carbocycles. The molecule has 1 heterocycles. The summed E-state index contributed by atoms with van der Waals surface area (Å²) in [5.74, 6) is 1.15. The molecule has 0 saturated heterocycles. The fraction of sp³-hybridized carbons (Fsp3) is 0.375. The Morgan fingerprint density at radius 2 is 2.12 bits per heavy atom. The molecule has 1 aliphatic rings. The maximum absolute atomic E-state index is 2.41. The molecule has 1 aromatic carbocycles. The Morgan fingerprint density at radius 1 is 1.29 bits per heavy atom. The fourth-order valence-electron chi connectivity index (χ4n) is 1.99. The van der Waals surface area contributed by atoms with Crippen molar-refractivity contribution >= 4 is 17.3 Å². The highest BCUT2D eigenvalue weighted by atomic mass is 32.2. The van der Waals surface area contributed by atoms with Gasteiger partial charge in [0.15, 0.2) is 0 Å². The van der Waals surface area contributed by atoms with E-state index in [1.807, 2.05) is 11.8 Å². The molecule has 0 unspecified atom stereocenters. The Morgan fingerprint density at radius 3 is 2.94 bits per heavy atom. The summed E-state index contributed by atoms with van der Waals surface area (Å²) in [6, 6.07) is 8.73. The first-order chi connectivity index (χ1) is 8.31. The first-order valence-electron chi connectivity index (χ1n) is 6.38. The second-order valence-electron chi connectivity index (χ2n) is 4.50. The second kappa shape index (κ2) is 6.11. The summed E-state index contributed by atoms with van der Waals surface area (Å²) in [5.41, 5.74) is 4.48. The number of benzene rings is 1. The zero-order valence-corrected chi connectivity index (χ0v) is 11.5. The van der Waals surface area contributed by atoms with Crippen molar-refractivity contribution in [1.29, 1.82) is 0 Å². The molecule has 0 bridgehead atoms. The molecule has 17 heavy (non-hydrogen) atoms. The Balaban J connectivity index is 1.96. The van der Waals surface area contributed by atoms with E-state index in [0.29, 0.717) is 0 Å². The van der Waals surface area contributed by atoms with Crippen molar-refractivity contribution in [2.75, 3.05) is 5.75 Å². The molecular formula is C16H20S. The van der Waals surface area contributed by atoms with Gasteiger partial charge in [-0.3, -0.25) is 0 Å². The van der Waals surface area contributed by atoms with E-state index in [1.54, 1.807) is 0 Å². The molecule has 90 valence electrons. The van der Waals surface area contributed by atoms with Gasteiger partial charge in [0.25, 0.3) is 0 Å². The number of hydrogen-bond acceptors (Lipinski definition) is 1. The molecule has 1 heteroatoms. The van der Waals surface area contributed by atoms with Crippen molar-refractivity contribution in [3.05, 3.63) is 47.6 Å². The third kappa shape index (κ3) is 3.26. The minimum Gasteiger partial charge on any atom is -0.121 e. The number of thioether (sulfide) groups is 1. The molecule has 0 saturated carbocycles. The van der Waals surface area contributed by atoms with Crippen LogP contribution >= 0.6 is 11.8 Å². The number of rotatable bonds is 4. The molecule has 0 nitrogen and oxygen atoms in total. The van der Waals surface area contributed by atoms with Gasteiger partial charge in [-0.2, -0.15) is 0 Å². The van der Waals surface area contributed by atoms with E-state index in [4.69, 9.17) is 0 Å². The first-order valence-corrected chi connectivity index (χ1v) is 7.36. The maximum atomic E-state index is 2.41. The molecule has 0 atom stereocenters. The monoisotopic (exact) mass is 244 g/mol. The number of allylic oxidation sites excluding steroid dienone is 3. The standard InChI is InChI=1S/C16H20S/c1-3-13(2)8-4-5-9-14-12-17-16-11-7-6-10-15(14)16/h6-11H,3-5,12H2,1-2H3/b13-8+,14-9+. The molecular weight excluding hydrogens is 224 g/mol. The Bertz CT molecular complexity index is 441. The van der Waals surface area contributed by atoms with Gasteiger partial charge in [0, 0.05) is 10.6 Å². The SMILES string of the molecule is CC/C(C)=C/CC/C=C1\CSc2ccccc21. The van der Waals surface area contributed by atoms with Crippen LogP contribution in [0.15, 0.2) is 46.9 Å². The summed E-state index contributed by atoms with van der Waals surface area (Å²) in [4.78, 5) is 1.44. The topological polar surface area (TPSA) is 0 Å². The van der Waals surface area contributed by atoms with Gasteiger partial charge in [-0.15, -0.1) is 11.8 Å². The van der Waals surface area contributed by atoms with Crippen LogP contribution in [-0.2, 0) is 0 Å². The average Bonchev–Trinajstić information content (AvgIpc) is 2.78. The molecule has 1 aliphatic heterocycles. The molecule has 2 rings (SSSR count). The normalized spacial score (nSPS) is 17.5. The van der Waals surface area contributed by atoms with Gasteiger partial charge >= 0.3 is 0 Å². The van der Waals surface area contributed by atoms with E-state index in [-0.39, 0.29) is 0 Å². The lowest BCUT2D eigenvalue weighted by atomic mass is 10.1. The molecule has 0 fully saturated rings. The van der Waals surface area contributed by atoms with Crippen LogP contribution in [0.5, 0.6) is 0 Å². The van der Waals surface area contributed by atoms with Crippen LogP contribution < -0.4 is 0 Å². The lowest BCUT2D eigenvalue weighted by Gasteiger charge is -1.99. The Kier molecular flexibility index (Phi) is 4.49. The lowest BCUT2D eigenvalue weighted by molar-refractivity contribution is 0.998.